The van der Waals surface area contributed by atoms with Crippen LogP contribution in [0, 0.1) is 0 Å². The van der Waals surface area contributed by atoms with Crippen LogP contribution in [0.4, 0.5) is 5.69 Å². The highest BCUT2D eigenvalue weighted by molar-refractivity contribution is 5.90. The van der Waals surface area contributed by atoms with E-state index in [4.69, 9.17) is 4.74 Å². The van der Waals surface area contributed by atoms with Crippen molar-refractivity contribution in [3.05, 3.63) is 29.8 Å². The van der Waals surface area contributed by atoms with Crippen molar-refractivity contribution in [3.63, 3.8) is 0 Å². The predicted octanol–water partition coefficient (Wildman–Crippen LogP) is 2.90. The minimum absolute atomic E-state index is 0.246. The number of ether oxygens (including phenoxy) is 1. The standard InChI is InChI=1S/C17H24N2O2/c1-3-21-17(20)12-5-4-6-13(9-12)18-14-10-15-7-8-16(11-14)19(15)2/h4-6,9,14-16,18H,3,7-8,10-11H2,1-2H3. The second-order valence-electron chi connectivity index (χ2n) is 6.16. The highest BCUT2D eigenvalue weighted by Gasteiger charge is 2.38. The van der Waals surface area contributed by atoms with E-state index in [0.717, 1.165) is 17.8 Å². The summed E-state index contributed by atoms with van der Waals surface area (Å²) in [6.45, 7) is 2.24. The molecule has 0 amide bonds. The average Bonchev–Trinajstić information content (AvgIpc) is 2.70. The maximum atomic E-state index is 11.8. The third kappa shape index (κ3) is 3.05. The summed E-state index contributed by atoms with van der Waals surface area (Å²) in [5, 5.41) is 3.61. The fourth-order valence-corrected chi connectivity index (χ4v) is 3.72. The summed E-state index contributed by atoms with van der Waals surface area (Å²) in [7, 11) is 2.25. The maximum absolute atomic E-state index is 11.8. The largest absolute Gasteiger partial charge is 0.462 e. The monoisotopic (exact) mass is 288 g/mol. The quantitative estimate of drug-likeness (QED) is 0.865. The molecule has 2 bridgehead atoms. The van der Waals surface area contributed by atoms with Crippen molar-refractivity contribution in [3.8, 4) is 0 Å². The third-order valence-corrected chi connectivity index (χ3v) is 4.84. The number of piperidine rings is 1. The Kier molecular flexibility index (Phi) is 4.15. The lowest BCUT2D eigenvalue weighted by Gasteiger charge is -2.37. The van der Waals surface area contributed by atoms with Crippen molar-refractivity contribution in [2.75, 3.05) is 19.0 Å². The molecule has 21 heavy (non-hydrogen) atoms. The Morgan fingerprint density at radius 2 is 2.05 bits per heavy atom. The van der Waals surface area contributed by atoms with Crippen LogP contribution in [0.1, 0.15) is 43.0 Å². The molecule has 0 radical (unpaired) electrons. The van der Waals surface area contributed by atoms with Crippen molar-refractivity contribution in [2.45, 2.75) is 50.7 Å². The molecule has 0 spiro atoms. The number of nitrogens with one attached hydrogen (secondary N) is 1. The summed E-state index contributed by atoms with van der Waals surface area (Å²) in [6.07, 6.45) is 5.03. The number of carbonyl (C=O) groups excluding carboxylic acids is 1. The Labute approximate surface area is 126 Å². The van der Waals surface area contributed by atoms with Gasteiger partial charge in [0.05, 0.1) is 12.2 Å². The van der Waals surface area contributed by atoms with E-state index in [0.29, 0.717) is 18.2 Å². The summed E-state index contributed by atoms with van der Waals surface area (Å²) < 4.78 is 5.06. The minimum Gasteiger partial charge on any atom is -0.462 e. The first-order valence-corrected chi connectivity index (χ1v) is 7.93. The summed E-state index contributed by atoms with van der Waals surface area (Å²) in [6, 6.07) is 9.60. The molecule has 2 aliphatic heterocycles. The zero-order valence-electron chi connectivity index (χ0n) is 12.8. The van der Waals surface area contributed by atoms with Gasteiger partial charge in [-0.15, -0.1) is 0 Å². The molecule has 1 aromatic rings. The first-order chi connectivity index (χ1) is 10.2. The molecule has 3 rings (SSSR count). The molecule has 2 fully saturated rings. The highest BCUT2D eigenvalue weighted by Crippen LogP contribution is 2.35. The zero-order valence-corrected chi connectivity index (χ0v) is 12.8. The van der Waals surface area contributed by atoms with Gasteiger partial charge in [-0.1, -0.05) is 6.07 Å². The molecule has 0 saturated carbocycles. The van der Waals surface area contributed by atoms with E-state index in [1.165, 1.54) is 25.7 Å². The molecule has 2 saturated heterocycles. The molecular formula is C17H24N2O2. The number of benzene rings is 1. The van der Waals surface area contributed by atoms with Crippen LogP contribution >= 0.6 is 0 Å². The molecule has 4 heteroatoms. The second kappa shape index (κ2) is 6.06. The highest BCUT2D eigenvalue weighted by atomic mass is 16.5. The van der Waals surface area contributed by atoms with Crippen LogP contribution in [0.15, 0.2) is 24.3 Å². The van der Waals surface area contributed by atoms with E-state index in [1.807, 2.05) is 31.2 Å². The lowest BCUT2D eigenvalue weighted by molar-refractivity contribution is 0.0526. The zero-order chi connectivity index (χ0) is 14.8. The van der Waals surface area contributed by atoms with Gasteiger partial charge in [0.15, 0.2) is 0 Å². The molecule has 1 N–H and O–H groups in total. The number of rotatable bonds is 4. The van der Waals surface area contributed by atoms with E-state index < -0.39 is 0 Å². The van der Waals surface area contributed by atoms with Gasteiger partial charge in [0.25, 0.3) is 0 Å². The Morgan fingerprint density at radius 1 is 1.33 bits per heavy atom. The van der Waals surface area contributed by atoms with Gasteiger partial charge in [-0.2, -0.15) is 0 Å². The summed E-state index contributed by atoms with van der Waals surface area (Å²) in [5.41, 5.74) is 1.65. The van der Waals surface area contributed by atoms with Crippen molar-refractivity contribution in [2.24, 2.45) is 0 Å². The Balaban J connectivity index is 1.66. The van der Waals surface area contributed by atoms with E-state index in [-0.39, 0.29) is 5.97 Å². The second-order valence-corrected chi connectivity index (χ2v) is 6.16. The van der Waals surface area contributed by atoms with Crippen LogP contribution in [-0.4, -0.2) is 42.6 Å². The average molecular weight is 288 g/mol. The molecule has 0 aromatic heterocycles. The van der Waals surface area contributed by atoms with Crippen LogP contribution in [0.3, 0.4) is 0 Å². The maximum Gasteiger partial charge on any atom is 0.338 e. The molecule has 2 heterocycles. The third-order valence-electron chi connectivity index (χ3n) is 4.84. The summed E-state index contributed by atoms with van der Waals surface area (Å²) >= 11 is 0. The number of hydrogen-bond acceptors (Lipinski definition) is 4. The number of hydrogen-bond donors (Lipinski definition) is 1. The van der Waals surface area contributed by atoms with Crippen molar-refractivity contribution in [1.82, 2.24) is 4.90 Å². The molecule has 2 unspecified atom stereocenters. The summed E-state index contributed by atoms with van der Waals surface area (Å²) in [5.74, 6) is -0.246. The Morgan fingerprint density at radius 3 is 2.71 bits per heavy atom. The van der Waals surface area contributed by atoms with Crippen LogP contribution < -0.4 is 5.32 Å². The van der Waals surface area contributed by atoms with Gasteiger partial charge in [0, 0.05) is 23.8 Å². The van der Waals surface area contributed by atoms with E-state index in [1.54, 1.807) is 0 Å². The number of esters is 1. The Bertz CT molecular complexity index is 503. The minimum atomic E-state index is -0.246. The molecular weight excluding hydrogens is 264 g/mol. The summed E-state index contributed by atoms with van der Waals surface area (Å²) in [4.78, 5) is 14.3. The normalized spacial score (nSPS) is 28.4. The van der Waals surface area contributed by atoms with E-state index in [2.05, 4.69) is 17.3 Å². The van der Waals surface area contributed by atoms with Gasteiger partial charge in [0.2, 0.25) is 0 Å². The first kappa shape index (κ1) is 14.4. The van der Waals surface area contributed by atoms with Crippen LogP contribution in [0.2, 0.25) is 0 Å². The van der Waals surface area contributed by atoms with E-state index in [9.17, 15) is 4.79 Å². The van der Waals surface area contributed by atoms with Crippen LogP contribution in [0.25, 0.3) is 0 Å². The number of nitrogens with zero attached hydrogens (tertiary/aromatic N) is 1. The van der Waals surface area contributed by atoms with Gasteiger partial charge >= 0.3 is 5.97 Å². The predicted molar refractivity (Wildman–Crippen MR) is 83.6 cm³/mol. The van der Waals surface area contributed by atoms with Gasteiger partial charge in [0.1, 0.15) is 0 Å². The van der Waals surface area contributed by atoms with Crippen LogP contribution in [-0.2, 0) is 4.74 Å². The van der Waals surface area contributed by atoms with E-state index >= 15 is 0 Å². The Hall–Kier alpha value is -1.55. The van der Waals surface area contributed by atoms with Crippen molar-refractivity contribution < 1.29 is 9.53 Å². The molecule has 2 atom stereocenters. The molecule has 0 aliphatic carbocycles. The molecule has 4 nitrogen and oxygen atoms in total. The van der Waals surface area contributed by atoms with Crippen molar-refractivity contribution in [1.29, 1.82) is 0 Å². The first-order valence-electron chi connectivity index (χ1n) is 7.93. The molecule has 2 aliphatic rings. The number of carbonyl (C=O) groups is 1. The van der Waals surface area contributed by atoms with Gasteiger partial charge in [-0.3, -0.25) is 0 Å². The fraction of sp³-hybridized carbons (Fsp3) is 0.588. The molecule has 1 aromatic carbocycles. The number of anilines is 1. The lowest BCUT2D eigenvalue weighted by Crippen LogP contribution is -2.44. The molecule has 114 valence electrons. The van der Waals surface area contributed by atoms with Gasteiger partial charge < -0.3 is 15.0 Å². The smallest absolute Gasteiger partial charge is 0.338 e. The lowest BCUT2D eigenvalue weighted by atomic mass is 9.97. The SMILES string of the molecule is CCOC(=O)c1cccc(NC2CC3CCC(C2)N3C)c1. The van der Waals surface area contributed by atoms with Gasteiger partial charge in [-0.05, 0) is 57.9 Å². The van der Waals surface area contributed by atoms with Crippen LogP contribution in [0.5, 0.6) is 0 Å². The fourth-order valence-electron chi connectivity index (χ4n) is 3.72. The van der Waals surface area contributed by atoms with Gasteiger partial charge in [-0.25, -0.2) is 4.79 Å². The number of fused-ring (bicyclic) bond motifs is 2. The van der Waals surface area contributed by atoms with Crippen molar-refractivity contribution >= 4 is 11.7 Å². The topological polar surface area (TPSA) is 41.6 Å².